The molecule has 0 aliphatic carbocycles. The summed E-state index contributed by atoms with van der Waals surface area (Å²) in [5, 5.41) is 8.96. The molecule has 5 rings (SSSR count). The summed E-state index contributed by atoms with van der Waals surface area (Å²) in [4.78, 5) is 42.4. The van der Waals surface area contributed by atoms with Crippen molar-refractivity contribution >= 4 is 35.2 Å². The molecule has 2 fully saturated rings. The molecule has 5 N–H and O–H groups in total. The van der Waals surface area contributed by atoms with E-state index in [9.17, 15) is 9.59 Å². The number of hydrogen-bond acceptors (Lipinski definition) is 9. The minimum atomic E-state index is -0.521. The van der Waals surface area contributed by atoms with Crippen molar-refractivity contribution in [1.82, 2.24) is 20.3 Å². The molecule has 3 heterocycles. The first-order chi connectivity index (χ1) is 18.5. The summed E-state index contributed by atoms with van der Waals surface area (Å²) < 4.78 is 5.51. The zero-order valence-electron chi connectivity index (χ0n) is 21.0. The minimum Gasteiger partial charge on any atom is -0.378 e. The topological polar surface area (TPSA) is 151 Å². The van der Waals surface area contributed by atoms with Crippen LogP contribution in [0.5, 0.6) is 0 Å². The SMILES string of the molecule is NC(=O)c1ccc(NC(=O)Nc2ccc(-c3nc(N4CCCNCC4)nc(N4CCOCC4)n3)cc2)cc1. The number of urea groups is 1. The van der Waals surface area contributed by atoms with Gasteiger partial charge in [-0.05, 0) is 61.5 Å². The third kappa shape index (κ3) is 6.33. The Hall–Kier alpha value is -4.29. The van der Waals surface area contributed by atoms with Crippen molar-refractivity contribution < 1.29 is 14.3 Å². The zero-order valence-corrected chi connectivity index (χ0v) is 21.0. The van der Waals surface area contributed by atoms with E-state index in [4.69, 9.17) is 25.4 Å². The summed E-state index contributed by atoms with van der Waals surface area (Å²) in [6.45, 7) is 6.30. The van der Waals surface area contributed by atoms with E-state index in [0.29, 0.717) is 47.9 Å². The van der Waals surface area contributed by atoms with Crippen LogP contribution in [0.4, 0.5) is 28.1 Å². The second-order valence-electron chi connectivity index (χ2n) is 9.05. The molecule has 0 bridgehead atoms. The fraction of sp³-hybridized carbons (Fsp3) is 0.346. The first kappa shape index (κ1) is 25.4. The third-order valence-electron chi connectivity index (χ3n) is 6.36. The molecule has 2 aliphatic heterocycles. The number of nitrogens with one attached hydrogen (secondary N) is 3. The number of carbonyl (C=O) groups excluding carboxylic acids is 2. The number of amides is 3. The lowest BCUT2D eigenvalue weighted by atomic mass is 10.2. The van der Waals surface area contributed by atoms with Crippen molar-refractivity contribution in [3.63, 3.8) is 0 Å². The molecule has 2 aromatic carbocycles. The third-order valence-corrected chi connectivity index (χ3v) is 6.36. The molecule has 0 spiro atoms. The van der Waals surface area contributed by atoms with Crippen molar-refractivity contribution in [2.75, 3.05) is 72.9 Å². The Morgan fingerprint density at radius 1 is 0.789 bits per heavy atom. The summed E-state index contributed by atoms with van der Waals surface area (Å²) in [7, 11) is 0. The average molecular weight is 518 g/mol. The van der Waals surface area contributed by atoms with Crippen LogP contribution in [0.1, 0.15) is 16.8 Å². The van der Waals surface area contributed by atoms with Gasteiger partial charge in [0.1, 0.15) is 0 Å². The Morgan fingerprint density at radius 3 is 2.03 bits per heavy atom. The fourth-order valence-electron chi connectivity index (χ4n) is 4.29. The van der Waals surface area contributed by atoms with Crippen LogP contribution in [0, 0.1) is 0 Å². The van der Waals surface area contributed by atoms with Gasteiger partial charge in [0, 0.05) is 55.2 Å². The van der Waals surface area contributed by atoms with Crippen molar-refractivity contribution in [3.8, 4) is 11.4 Å². The van der Waals surface area contributed by atoms with E-state index in [1.165, 1.54) is 0 Å². The average Bonchev–Trinajstić information content (AvgIpc) is 3.24. The number of hydrogen-bond donors (Lipinski definition) is 4. The highest BCUT2D eigenvalue weighted by atomic mass is 16.5. The molecule has 0 unspecified atom stereocenters. The van der Waals surface area contributed by atoms with E-state index >= 15 is 0 Å². The van der Waals surface area contributed by atoms with Gasteiger partial charge in [-0.3, -0.25) is 4.79 Å². The molecule has 2 saturated heterocycles. The molecule has 12 nitrogen and oxygen atoms in total. The highest BCUT2D eigenvalue weighted by molar-refractivity contribution is 6.00. The van der Waals surface area contributed by atoms with Gasteiger partial charge in [-0.1, -0.05) is 0 Å². The number of anilines is 4. The van der Waals surface area contributed by atoms with E-state index in [0.717, 1.165) is 51.3 Å². The van der Waals surface area contributed by atoms with E-state index in [1.54, 1.807) is 36.4 Å². The molecule has 2 aliphatic rings. The maximum absolute atomic E-state index is 12.4. The molecule has 198 valence electrons. The number of benzene rings is 2. The predicted octanol–water partition coefficient (Wildman–Crippen LogP) is 1.92. The normalized spacial score (nSPS) is 16.0. The highest BCUT2D eigenvalue weighted by Gasteiger charge is 2.20. The van der Waals surface area contributed by atoms with Crippen LogP contribution in [0.25, 0.3) is 11.4 Å². The molecule has 3 amide bonds. The van der Waals surface area contributed by atoms with Crippen molar-refractivity contribution in [2.45, 2.75) is 6.42 Å². The predicted molar refractivity (Wildman–Crippen MR) is 146 cm³/mol. The van der Waals surface area contributed by atoms with E-state index in [1.807, 2.05) is 12.1 Å². The van der Waals surface area contributed by atoms with Crippen molar-refractivity contribution in [2.24, 2.45) is 5.73 Å². The Kier molecular flexibility index (Phi) is 7.90. The van der Waals surface area contributed by atoms with Gasteiger partial charge in [0.25, 0.3) is 0 Å². The van der Waals surface area contributed by atoms with Gasteiger partial charge in [0.05, 0.1) is 13.2 Å². The van der Waals surface area contributed by atoms with Crippen LogP contribution >= 0.6 is 0 Å². The Balaban J connectivity index is 1.32. The Bertz CT molecular complexity index is 1250. The Labute approximate surface area is 220 Å². The second kappa shape index (κ2) is 11.8. The molecular weight excluding hydrogens is 486 g/mol. The molecule has 38 heavy (non-hydrogen) atoms. The Morgan fingerprint density at radius 2 is 1.39 bits per heavy atom. The lowest BCUT2D eigenvalue weighted by molar-refractivity contribution is 0.1000. The van der Waals surface area contributed by atoms with Gasteiger partial charge < -0.3 is 36.2 Å². The van der Waals surface area contributed by atoms with Crippen LogP contribution in [-0.2, 0) is 4.74 Å². The number of ether oxygens (including phenoxy) is 1. The summed E-state index contributed by atoms with van der Waals surface area (Å²) in [6, 6.07) is 13.3. The molecule has 3 aromatic rings. The van der Waals surface area contributed by atoms with E-state index < -0.39 is 11.9 Å². The van der Waals surface area contributed by atoms with Crippen molar-refractivity contribution in [1.29, 1.82) is 0 Å². The number of primary amides is 1. The van der Waals surface area contributed by atoms with Gasteiger partial charge >= 0.3 is 6.03 Å². The molecular formula is C26H31N9O3. The first-order valence-corrected chi connectivity index (χ1v) is 12.7. The number of rotatable bonds is 6. The van der Waals surface area contributed by atoms with E-state index in [-0.39, 0.29) is 0 Å². The summed E-state index contributed by atoms with van der Waals surface area (Å²) in [5.74, 6) is 1.38. The smallest absolute Gasteiger partial charge is 0.323 e. The highest BCUT2D eigenvalue weighted by Crippen LogP contribution is 2.24. The van der Waals surface area contributed by atoms with Gasteiger partial charge in [-0.2, -0.15) is 15.0 Å². The molecule has 12 heteroatoms. The maximum atomic E-state index is 12.4. The molecule has 0 atom stereocenters. The number of nitrogens with two attached hydrogens (primary N) is 1. The zero-order chi connectivity index (χ0) is 26.3. The second-order valence-corrected chi connectivity index (χ2v) is 9.05. The summed E-state index contributed by atoms with van der Waals surface area (Å²) >= 11 is 0. The molecule has 0 saturated carbocycles. The minimum absolute atomic E-state index is 0.373. The van der Waals surface area contributed by atoms with Crippen LogP contribution in [0.3, 0.4) is 0 Å². The number of carbonyl (C=O) groups is 2. The maximum Gasteiger partial charge on any atom is 0.323 e. The van der Waals surface area contributed by atoms with Crippen LogP contribution < -0.4 is 31.5 Å². The lowest BCUT2D eigenvalue weighted by Crippen LogP contribution is -2.38. The molecule has 1 aromatic heterocycles. The lowest BCUT2D eigenvalue weighted by Gasteiger charge is -2.28. The summed E-state index contributed by atoms with van der Waals surface area (Å²) in [5.41, 5.74) is 7.61. The molecule has 0 radical (unpaired) electrons. The van der Waals surface area contributed by atoms with Gasteiger partial charge in [-0.25, -0.2) is 4.79 Å². The van der Waals surface area contributed by atoms with Crippen LogP contribution in [-0.4, -0.2) is 79.4 Å². The summed E-state index contributed by atoms with van der Waals surface area (Å²) in [6.07, 6.45) is 1.02. The number of aromatic nitrogens is 3. The quantitative estimate of drug-likeness (QED) is 0.384. The number of nitrogens with zero attached hydrogens (tertiary/aromatic N) is 5. The standard InChI is InChI=1S/C26H31N9O3/c27-22(36)18-2-6-20(7-3-18)29-26(37)30-21-8-4-19(5-9-21)23-31-24(34-12-1-10-28-11-13-34)33-25(32-23)35-14-16-38-17-15-35/h2-9,28H,1,10-17H2,(H2,27,36)(H2,29,30,37). The van der Waals surface area contributed by atoms with Gasteiger partial charge in [0.15, 0.2) is 5.82 Å². The number of morpholine rings is 1. The fourth-order valence-corrected chi connectivity index (χ4v) is 4.29. The monoisotopic (exact) mass is 517 g/mol. The van der Waals surface area contributed by atoms with Gasteiger partial charge in [-0.15, -0.1) is 0 Å². The van der Waals surface area contributed by atoms with E-state index in [2.05, 4.69) is 25.8 Å². The van der Waals surface area contributed by atoms with Crippen LogP contribution in [0.2, 0.25) is 0 Å². The van der Waals surface area contributed by atoms with Crippen molar-refractivity contribution in [3.05, 3.63) is 54.1 Å². The largest absolute Gasteiger partial charge is 0.378 e. The van der Waals surface area contributed by atoms with Crippen LogP contribution in [0.15, 0.2) is 48.5 Å². The first-order valence-electron chi connectivity index (χ1n) is 12.7. The van der Waals surface area contributed by atoms with Gasteiger partial charge in [0.2, 0.25) is 17.8 Å².